The van der Waals surface area contributed by atoms with Gasteiger partial charge in [0.05, 0.1) is 13.0 Å². The van der Waals surface area contributed by atoms with Crippen molar-refractivity contribution >= 4 is 11.7 Å². The van der Waals surface area contributed by atoms with E-state index >= 15 is 0 Å². The van der Waals surface area contributed by atoms with E-state index in [1.54, 1.807) is 13.0 Å². The van der Waals surface area contributed by atoms with E-state index < -0.39 is 0 Å². The largest absolute Gasteiger partial charge is 0.493 e. The molecule has 0 fully saturated rings. The number of hydrogen-bond acceptors (Lipinski definition) is 5. The third kappa shape index (κ3) is 4.10. The quantitative estimate of drug-likeness (QED) is 0.839. The first kappa shape index (κ1) is 14.1. The van der Waals surface area contributed by atoms with Crippen molar-refractivity contribution in [1.29, 1.82) is 0 Å². The lowest BCUT2D eigenvalue weighted by Gasteiger charge is -2.06. The molecule has 1 amide bonds. The van der Waals surface area contributed by atoms with Crippen LogP contribution < -0.4 is 15.8 Å². The zero-order chi connectivity index (χ0) is 14.4. The SMILES string of the molecule is Cc1cc(NC(=O)CCOc2ccc(CN)cc2)no1. The molecule has 1 aromatic carbocycles. The molecular formula is C14H17N3O3. The van der Waals surface area contributed by atoms with E-state index in [2.05, 4.69) is 10.5 Å². The number of carbonyl (C=O) groups excluding carboxylic acids is 1. The number of carbonyl (C=O) groups is 1. The van der Waals surface area contributed by atoms with Gasteiger partial charge in [-0.05, 0) is 24.6 Å². The minimum absolute atomic E-state index is 0.170. The highest BCUT2D eigenvalue weighted by Crippen LogP contribution is 2.12. The number of nitrogens with two attached hydrogens (primary N) is 1. The Labute approximate surface area is 116 Å². The Morgan fingerprint density at radius 3 is 2.75 bits per heavy atom. The van der Waals surface area contributed by atoms with Crippen LogP contribution >= 0.6 is 0 Å². The van der Waals surface area contributed by atoms with Gasteiger partial charge >= 0.3 is 0 Å². The molecule has 0 radical (unpaired) electrons. The van der Waals surface area contributed by atoms with Gasteiger partial charge < -0.3 is 20.3 Å². The molecule has 0 spiro atoms. The Hall–Kier alpha value is -2.34. The number of rotatable bonds is 6. The van der Waals surface area contributed by atoms with Crippen LogP contribution in [0.4, 0.5) is 5.82 Å². The average molecular weight is 275 g/mol. The van der Waals surface area contributed by atoms with Gasteiger partial charge in [-0.25, -0.2) is 0 Å². The van der Waals surface area contributed by atoms with Crippen molar-refractivity contribution in [2.75, 3.05) is 11.9 Å². The Kier molecular flexibility index (Phi) is 4.73. The first-order chi connectivity index (χ1) is 9.67. The lowest BCUT2D eigenvalue weighted by atomic mass is 10.2. The fourth-order valence-electron chi connectivity index (χ4n) is 1.61. The Bertz CT molecular complexity index is 563. The zero-order valence-corrected chi connectivity index (χ0v) is 11.3. The van der Waals surface area contributed by atoms with Crippen LogP contribution in [0.1, 0.15) is 17.7 Å². The minimum atomic E-state index is -0.170. The normalized spacial score (nSPS) is 10.3. The molecule has 0 unspecified atom stereocenters. The van der Waals surface area contributed by atoms with Crippen molar-refractivity contribution in [1.82, 2.24) is 5.16 Å². The third-order valence-corrected chi connectivity index (χ3v) is 2.65. The van der Waals surface area contributed by atoms with Gasteiger partial charge in [0, 0.05) is 12.6 Å². The summed E-state index contributed by atoms with van der Waals surface area (Å²) in [6.07, 6.45) is 0.241. The standard InChI is InChI=1S/C14H17N3O3/c1-10-8-13(17-20-10)16-14(18)6-7-19-12-4-2-11(9-15)3-5-12/h2-5,8H,6-7,9,15H2,1H3,(H,16,17,18). The topological polar surface area (TPSA) is 90.4 Å². The van der Waals surface area contributed by atoms with Gasteiger partial charge in [-0.15, -0.1) is 0 Å². The fourth-order valence-corrected chi connectivity index (χ4v) is 1.61. The molecule has 6 nitrogen and oxygen atoms in total. The lowest BCUT2D eigenvalue weighted by Crippen LogP contribution is -2.15. The first-order valence-corrected chi connectivity index (χ1v) is 6.32. The third-order valence-electron chi connectivity index (χ3n) is 2.65. The van der Waals surface area contributed by atoms with E-state index in [4.69, 9.17) is 15.0 Å². The van der Waals surface area contributed by atoms with Crippen molar-refractivity contribution in [2.45, 2.75) is 19.9 Å². The number of anilines is 1. The van der Waals surface area contributed by atoms with Gasteiger partial charge in [0.2, 0.25) is 5.91 Å². The van der Waals surface area contributed by atoms with Crippen LogP contribution in [0.15, 0.2) is 34.9 Å². The highest BCUT2D eigenvalue weighted by atomic mass is 16.5. The van der Waals surface area contributed by atoms with E-state index in [0.29, 0.717) is 30.5 Å². The van der Waals surface area contributed by atoms with Crippen LogP contribution in [0, 0.1) is 6.92 Å². The van der Waals surface area contributed by atoms with E-state index in [-0.39, 0.29) is 12.3 Å². The molecular weight excluding hydrogens is 258 g/mol. The van der Waals surface area contributed by atoms with Crippen LogP contribution in [0.5, 0.6) is 5.75 Å². The van der Waals surface area contributed by atoms with Crippen molar-refractivity contribution in [3.05, 3.63) is 41.7 Å². The highest BCUT2D eigenvalue weighted by molar-refractivity contribution is 5.89. The molecule has 0 aliphatic rings. The molecule has 6 heteroatoms. The molecule has 106 valence electrons. The second-order valence-electron chi connectivity index (χ2n) is 4.32. The minimum Gasteiger partial charge on any atom is -0.493 e. The van der Waals surface area contributed by atoms with Crippen molar-refractivity contribution in [3.63, 3.8) is 0 Å². The summed E-state index contributed by atoms with van der Waals surface area (Å²) < 4.78 is 10.3. The molecule has 0 bridgehead atoms. The zero-order valence-electron chi connectivity index (χ0n) is 11.3. The number of ether oxygens (including phenoxy) is 1. The maximum absolute atomic E-state index is 11.6. The number of amides is 1. The van der Waals surface area contributed by atoms with Crippen LogP contribution in [0.25, 0.3) is 0 Å². The molecule has 3 N–H and O–H groups in total. The van der Waals surface area contributed by atoms with Crippen LogP contribution in [0.3, 0.4) is 0 Å². The number of aromatic nitrogens is 1. The van der Waals surface area contributed by atoms with E-state index in [0.717, 1.165) is 5.56 Å². The number of nitrogens with zero attached hydrogens (tertiary/aromatic N) is 1. The highest BCUT2D eigenvalue weighted by Gasteiger charge is 2.06. The molecule has 0 atom stereocenters. The predicted octanol–water partition coefficient (Wildman–Crippen LogP) is 1.85. The summed E-state index contributed by atoms with van der Waals surface area (Å²) in [7, 11) is 0. The van der Waals surface area contributed by atoms with Crippen molar-refractivity contribution < 1.29 is 14.1 Å². The van der Waals surface area contributed by atoms with E-state index in [1.807, 2.05) is 24.3 Å². The van der Waals surface area contributed by atoms with E-state index in [1.165, 1.54) is 0 Å². The van der Waals surface area contributed by atoms with Gasteiger partial charge in [-0.3, -0.25) is 4.79 Å². The van der Waals surface area contributed by atoms with Gasteiger partial charge in [0.25, 0.3) is 0 Å². The molecule has 0 aliphatic carbocycles. The number of nitrogens with one attached hydrogen (secondary N) is 1. The molecule has 20 heavy (non-hydrogen) atoms. The molecule has 1 aromatic heterocycles. The second-order valence-corrected chi connectivity index (χ2v) is 4.32. The Balaban J connectivity index is 1.73. The fraction of sp³-hybridized carbons (Fsp3) is 0.286. The maximum atomic E-state index is 11.6. The lowest BCUT2D eigenvalue weighted by molar-refractivity contribution is -0.116. The number of aryl methyl sites for hydroxylation is 1. The maximum Gasteiger partial charge on any atom is 0.229 e. The summed E-state index contributed by atoms with van der Waals surface area (Å²) in [6, 6.07) is 9.12. The summed E-state index contributed by atoms with van der Waals surface area (Å²) in [6.45, 7) is 2.56. The van der Waals surface area contributed by atoms with Crippen LogP contribution in [0.2, 0.25) is 0 Å². The summed E-state index contributed by atoms with van der Waals surface area (Å²) in [5.41, 5.74) is 6.55. The van der Waals surface area contributed by atoms with E-state index in [9.17, 15) is 4.79 Å². The van der Waals surface area contributed by atoms with Gasteiger partial charge in [0.15, 0.2) is 5.82 Å². The van der Waals surface area contributed by atoms with Gasteiger partial charge in [0.1, 0.15) is 11.5 Å². The van der Waals surface area contributed by atoms with Gasteiger partial charge in [-0.1, -0.05) is 17.3 Å². The predicted molar refractivity (Wildman–Crippen MR) is 74.3 cm³/mol. The number of hydrogen-bond donors (Lipinski definition) is 2. The molecule has 2 aromatic rings. The molecule has 1 heterocycles. The summed E-state index contributed by atoms with van der Waals surface area (Å²) in [5.74, 6) is 1.61. The smallest absolute Gasteiger partial charge is 0.229 e. The van der Waals surface area contributed by atoms with Crippen LogP contribution in [-0.4, -0.2) is 17.7 Å². The average Bonchev–Trinajstić information content (AvgIpc) is 2.85. The summed E-state index contributed by atoms with van der Waals surface area (Å²) in [5, 5.41) is 6.31. The monoisotopic (exact) mass is 275 g/mol. The Morgan fingerprint density at radius 1 is 1.40 bits per heavy atom. The molecule has 0 saturated carbocycles. The van der Waals surface area contributed by atoms with Crippen molar-refractivity contribution in [2.24, 2.45) is 5.73 Å². The van der Waals surface area contributed by atoms with Crippen LogP contribution in [-0.2, 0) is 11.3 Å². The first-order valence-electron chi connectivity index (χ1n) is 6.32. The Morgan fingerprint density at radius 2 is 2.15 bits per heavy atom. The molecule has 2 rings (SSSR count). The number of benzene rings is 1. The molecule has 0 saturated heterocycles. The van der Waals surface area contributed by atoms with Crippen molar-refractivity contribution in [3.8, 4) is 5.75 Å². The van der Waals surface area contributed by atoms with Gasteiger partial charge in [-0.2, -0.15) is 0 Å². The summed E-state index contributed by atoms with van der Waals surface area (Å²) >= 11 is 0. The second kappa shape index (κ2) is 6.72. The molecule has 0 aliphatic heterocycles. The summed E-state index contributed by atoms with van der Waals surface area (Å²) in [4.78, 5) is 11.6.